The van der Waals surface area contributed by atoms with E-state index in [1.165, 1.54) is 49.7 Å². The summed E-state index contributed by atoms with van der Waals surface area (Å²) in [5, 5.41) is 0. The zero-order chi connectivity index (χ0) is 19.2. The molecular weight excluding hydrogens is 324 g/mol. The van der Waals surface area contributed by atoms with Gasteiger partial charge in [-0.15, -0.1) is 0 Å². The summed E-state index contributed by atoms with van der Waals surface area (Å²) in [6.45, 7) is 4.45. The second-order valence-electron chi connectivity index (χ2n) is 6.83. The van der Waals surface area contributed by atoms with E-state index in [-0.39, 0.29) is 0 Å². The Hall–Kier alpha value is -2.70. The van der Waals surface area contributed by atoms with Crippen molar-refractivity contribution in [1.82, 2.24) is 0 Å². The highest BCUT2D eigenvalue weighted by Crippen LogP contribution is 2.09. The van der Waals surface area contributed by atoms with E-state index < -0.39 is 0 Å². The van der Waals surface area contributed by atoms with E-state index in [2.05, 4.69) is 86.1 Å². The van der Waals surface area contributed by atoms with Crippen LogP contribution in [0.1, 0.15) is 68.2 Å². The normalized spacial score (nSPS) is 10.1. The lowest BCUT2D eigenvalue weighted by molar-refractivity contribution is 0.667. The van der Waals surface area contributed by atoms with Crippen molar-refractivity contribution in [2.45, 2.75) is 58.8 Å². The van der Waals surface area contributed by atoms with Gasteiger partial charge in [-0.05, 0) is 66.8 Å². The zero-order valence-electron chi connectivity index (χ0n) is 16.7. The van der Waals surface area contributed by atoms with Gasteiger partial charge in [0, 0.05) is 11.1 Å². The van der Waals surface area contributed by atoms with Crippen LogP contribution >= 0.6 is 0 Å². The monoisotopic (exact) mass is 354 g/mol. The summed E-state index contributed by atoms with van der Waals surface area (Å²) in [4.78, 5) is 0. The first-order valence-corrected chi connectivity index (χ1v) is 10.2. The van der Waals surface area contributed by atoms with E-state index in [9.17, 15) is 0 Å². The van der Waals surface area contributed by atoms with Gasteiger partial charge >= 0.3 is 0 Å². The Kier molecular flexibility index (Phi) is 9.63. The molecule has 138 valence electrons. The molecule has 0 amide bonds. The van der Waals surface area contributed by atoms with Crippen LogP contribution in [0.3, 0.4) is 0 Å². The predicted octanol–water partition coefficient (Wildman–Crippen LogP) is 6.72. The molecule has 0 atom stereocenters. The highest BCUT2D eigenvalue weighted by atomic mass is 14.0. The Morgan fingerprint density at radius 1 is 0.593 bits per heavy atom. The number of aryl methyl sites for hydroxylation is 2. The van der Waals surface area contributed by atoms with Gasteiger partial charge in [0.15, 0.2) is 0 Å². The first-order chi connectivity index (χ1) is 13.3. The van der Waals surface area contributed by atoms with Crippen molar-refractivity contribution in [3.05, 3.63) is 82.9 Å². The lowest BCUT2D eigenvalue weighted by Gasteiger charge is -2.01. The molecule has 0 fully saturated rings. The third-order valence-corrected chi connectivity index (χ3v) is 4.45. The molecule has 0 aliphatic heterocycles. The molecule has 0 nitrogen and oxygen atoms in total. The summed E-state index contributed by atoms with van der Waals surface area (Å²) >= 11 is 0. The minimum absolute atomic E-state index is 1.04. The summed E-state index contributed by atoms with van der Waals surface area (Å²) in [7, 11) is 0. The molecule has 0 heteroatoms. The van der Waals surface area contributed by atoms with Crippen LogP contribution in [0.25, 0.3) is 0 Å². The van der Waals surface area contributed by atoms with Crippen molar-refractivity contribution in [3.63, 3.8) is 0 Å². The summed E-state index contributed by atoms with van der Waals surface area (Å²) in [6.07, 6.45) is 12.3. The van der Waals surface area contributed by atoms with E-state index in [4.69, 9.17) is 0 Å². The molecule has 2 aromatic rings. The van der Waals surface area contributed by atoms with Crippen LogP contribution < -0.4 is 0 Å². The molecular formula is C27H30. The summed E-state index contributed by atoms with van der Waals surface area (Å²) < 4.78 is 0. The first kappa shape index (κ1) is 20.6. The summed E-state index contributed by atoms with van der Waals surface area (Å²) in [6, 6.07) is 17.1. The van der Waals surface area contributed by atoms with Gasteiger partial charge in [-0.1, -0.05) is 87.5 Å². The predicted molar refractivity (Wildman–Crippen MR) is 118 cm³/mol. The third kappa shape index (κ3) is 8.48. The van der Waals surface area contributed by atoms with Crippen LogP contribution in [0.5, 0.6) is 0 Å². The van der Waals surface area contributed by atoms with E-state index in [0.29, 0.717) is 0 Å². The van der Waals surface area contributed by atoms with Crippen molar-refractivity contribution in [3.8, 4) is 23.7 Å². The molecule has 0 unspecified atom stereocenters. The molecule has 0 spiro atoms. The van der Waals surface area contributed by atoms with Gasteiger partial charge in [0.25, 0.3) is 0 Å². The Balaban J connectivity index is 1.80. The van der Waals surface area contributed by atoms with Gasteiger partial charge in [-0.2, -0.15) is 0 Å². The van der Waals surface area contributed by atoms with E-state index in [0.717, 1.165) is 17.5 Å². The van der Waals surface area contributed by atoms with E-state index in [1.807, 2.05) is 12.2 Å². The number of allylic oxidation sites excluding steroid dienone is 2. The van der Waals surface area contributed by atoms with Crippen LogP contribution in [-0.4, -0.2) is 0 Å². The fourth-order valence-electron chi connectivity index (χ4n) is 2.89. The number of hydrogen-bond acceptors (Lipinski definition) is 0. The van der Waals surface area contributed by atoms with Crippen LogP contribution in [0.4, 0.5) is 0 Å². The molecule has 27 heavy (non-hydrogen) atoms. The Morgan fingerprint density at radius 3 is 1.59 bits per heavy atom. The van der Waals surface area contributed by atoms with Crippen molar-refractivity contribution in [1.29, 1.82) is 0 Å². The minimum Gasteiger partial charge on any atom is -0.0689 e. The Morgan fingerprint density at radius 2 is 1.11 bits per heavy atom. The average molecular weight is 355 g/mol. The topological polar surface area (TPSA) is 0 Å². The Bertz CT molecular complexity index is 812. The van der Waals surface area contributed by atoms with Gasteiger partial charge in [-0.3, -0.25) is 0 Å². The quantitative estimate of drug-likeness (QED) is 0.382. The second kappa shape index (κ2) is 12.6. The van der Waals surface area contributed by atoms with Crippen molar-refractivity contribution in [2.24, 2.45) is 0 Å². The molecule has 0 aliphatic carbocycles. The van der Waals surface area contributed by atoms with E-state index >= 15 is 0 Å². The van der Waals surface area contributed by atoms with Crippen LogP contribution in [0.15, 0.2) is 60.7 Å². The second-order valence-corrected chi connectivity index (χ2v) is 6.83. The van der Waals surface area contributed by atoms with Crippen molar-refractivity contribution >= 4 is 0 Å². The van der Waals surface area contributed by atoms with Crippen molar-refractivity contribution in [2.75, 3.05) is 0 Å². The molecule has 0 aliphatic rings. The molecule has 2 rings (SSSR count). The highest BCUT2D eigenvalue weighted by Gasteiger charge is 1.94. The van der Waals surface area contributed by atoms with Crippen LogP contribution in [0.2, 0.25) is 0 Å². The van der Waals surface area contributed by atoms with Gasteiger partial charge in [-0.25, -0.2) is 0 Å². The van der Waals surface area contributed by atoms with Gasteiger partial charge < -0.3 is 0 Å². The lowest BCUT2D eigenvalue weighted by Crippen LogP contribution is -1.86. The molecule has 2 aromatic carbocycles. The third-order valence-electron chi connectivity index (χ3n) is 4.45. The highest BCUT2D eigenvalue weighted by molar-refractivity contribution is 5.42. The smallest absolute Gasteiger partial charge is 0.0249 e. The molecule has 0 saturated carbocycles. The summed E-state index contributed by atoms with van der Waals surface area (Å²) in [5.74, 6) is 12.4. The number of hydrogen-bond donors (Lipinski definition) is 0. The van der Waals surface area contributed by atoms with Crippen LogP contribution in [-0.2, 0) is 12.8 Å². The Labute approximate surface area is 165 Å². The number of benzene rings is 2. The fraction of sp³-hybridized carbons (Fsp3) is 0.333. The standard InChI is InChI=1S/C27H30/c1-3-5-6-9-13-25-20-22-27(23-21-25)15-11-8-7-10-14-26-18-16-24(12-4-2)17-19-26/h7-8,16-23H,3-6,9,12-13H2,1-2H3/b8-7+. The molecule has 0 bridgehead atoms. The van der Waals surface area contributed by atoms with Gasteiger partial charge in [0.1, 0.15) is 0 Å². The SMILES string of the molecule is CCCCCCc1ccc(C#C/C=C/C#Cc2ccc(CCC)cc2)cc1. The molecule has 0 aromatic heterocycles. The minimum atomic E-state index is 1.04. The van der Waals surface area contributed by atoms with Crippen molar-refractivity contribution < 1.29 is 0 Å². The maximum Gasteiger partial charge on any atom is 0.0249 e. The molecule has 0 N–H and O–H groups in total. The maximum atomic E-state index is 3.16. The van der Waals surface area contributed by atoms with Gasteiger partial charge in [0.2, 0.25) is 0 Å². The number of unbranched alkanes of at least 4 members (excludes halogenated alkanes) is 3. The zero-order valence-corrected chi connectivity index (χ0v) is 16.7. The largest absolute Gasteiger partial charge is 0.0689 e. The summed E-state index contributed by atoms with van der Waals surface area (Å²) in [5.41, 5.74) is 4.87. The maximum absolute atomic E-state index is 3.16. The van der Waals surface area contributed by atoms with Gasteiger partial charge in [0.05, 0.1) is 0 Å². The lowest BCUT2D eigenvalue weighted by atomic mass is 10.0. The molecule has 0 heterocycles. The molecule has 0 saturated heterocycles. The van der Waals surface area contributed by atoms with E-state index in [1.54, 1.807) is 0 Å². The molecule has 0 radical (unpaired) electrons. The fourth-order valence-corrected chi connectivity index (χ4v) is 2.89. The first-order valence-electron chi connectivity index (χ1n) is 10.2. The van der Waals surface area contributed by atoms with Crippen LogP contribution in [0, 0.1) is 23.7 Å². The number of rotatable bonds is 7. The average Bonchev–Trinajstić information content (AvgIpc) is 2.70.